The molecular weight excluding hydrogens is 260 g/mol. The highest BCUT2D eigenvalue weighted by atomic mass is 32.2. The summed E-state index contributed by atoms with van der Waals surface area (Å²) in [4.78, 5) is 0. The number of benzene rings is 1. The Bertz CT molecular complexity index is 577. The zero-order chi connectivity index (χ0) is 13.5. The second-order valence-electron chi connectivity index (χ2n) is 5.62. The minimum absolute atomic E-state index is 0.0683. The molecule has 1 saturated carbocycles. The van der Waals surface area contributed by atoms with Crippen molar-refractivity contribution in [1.29, 1.82) is 0 Å². The fraction of sp³-hybridized carbons (Fsp3) is 0.571. The van der Waals surface area contributed by atoms with E-state index in [4.69, 9.17) is 5.73 Å². The Morgan fingerprint density at radius 1 is 1.16 bits per heavy atom. The van der Waals surface area contributed by atoms with Crippen molar-refractivity contribution in [1.82, 2.24) is 4.72 Å². The molecule has 104 valence electrons. The normalized spacial score (nSPS) is 23.7. The standard InChI is InChI=1S/C14H20N2O2S/c15-11-6-7-13-10(9-11)5-8-14(13)16-19(17,18)12-3-1-2-4-12/h6-7,9,12,14,16H,1-5,8,15H2. The summed E-state index contributed by atoms with van der Waals surface area (Å²) in [5, 5.41) is -0.190. The SMILES string of the molecule is Nc1ccc2c(c1)CCC2NS(=O)(=O)C1CCCC1. The van der Waals surface area contributed by atoms with Gasteiger partial charge in [0.25, 0.3) is 0 Å². The Morgan fingerprint density at radius 3 is 2.63 bits per heavy atom. The van der Waals surface area contributed by atoms with E-state index < -0.39 is 10.0 Å². The Kier molecular flexibility index (Phi) is 3.27. The summed E-state index contributed by atoms with van der Waals surface area (Å²) in [6, 6.07) is 5.70. The van der Waals surface area contributed by atoms with Crippen LogP contribution >= 0.6 is 0 Å². The molecule has 0 aromatic heterocycles. The summed E-state index contributed by atoms with van der Waals surface area (Å²) in [7, 11) is -3.18. The lowest BCUT2D eigenvalue weighted by atomic mass is 10.1. The van der Waals surface area contributed by atoms with Crippen LogP contribution in [0.25, 0.3) is 0 Å². The molecule has 1 aromatic rings. The molecule has 3 N–H and O–H groups in total. The van der Waals surface area contributed by atoms with Crippen molar-refractivity contribution in [2.45, 2.75) is 49.8 Å². The van der Waals surface area contributed by atoms with E-state index in [-0.39, 0.29) is 11.3 Å². The highest BCUT2D eigenvalue weighted by molar-refractivity contribution is 7.90. The molecule has 0 bridgehead atoms. The quantitative estimate of drug-likeness (QED) is 0.833. The highest BCUT2D eigenvalue weighted by Crippen LogP contribution is 2.34. The first-order valence-electron chi connectivity index (χ1n) is 6.96. The van der Waals surface area contributed by atoms with Crippen LogP contribution in [0.2, 0.25) is 0 Å². The third-order valence-corrected chi connectivity index (χ3v) is 6.25. The molecule has 2 aliphatic rings. The predicted octanol–water partition coefficient (Wildman–Crippen LogP) is 2.12. The average molecular weight is 280 g/mol. The summed E-state index contributed by atoms with van der Waals surface area (Å²) in [6.07, 6.45) is 5.41. The zero-order valence-corrected chi connectivity index (χ0v) is 11.7. The average Bonchev–Trinajstić information content (AvgIpc) is 2.98. The lowest BCUT2D eigenvalue weighted by Crippen LogP contribution is -2.34. The maximum absolute atomic E-state index is 12.3. The van der Waals surface area contributed by atoms with E-state index >= 15 is 0 Å². The van der Waals surface area contributed by atoms with Crippen LogP contribution in [0.4, 0.5) is 5.69 Å². The van der Waals surface area contributed by atoms with Crippen LogP contribution < -0.4 is 10.5 Å². The van der Waals surface area contributed by atoms with Crippen LogP contribution in [-0.4, -0.2) is 13.7 Å². The van der Waals surface area contributed by atoms with Gasteiger partial charge in [0.2, 0.25) is 10.0 Å². The van der Waals surface area contributed by atoms with Crippen LogP contribution in [0.15, 0.2) is 18.2 Å². The highest BCUT2D eigenvalue weighted by Gasteiger charge is 2.33. The van der Waals surface area contributed by atoms with Gasteiger partial charge in [0.1, 0.15) is 0 Å². The van der Waals surface area contributed by atoms with Crippen molar-refractivity contribution in [3.8, 4) is 0 Å². The maximum atomic E-state index is 12.3. The fourth-order valence-electron chi connectivity index (χ4n) is 3.25. The second kappa shape index (κ2) is 4.80. The number of hydrogen-bond acceptors (Lipinski definition) is 3. The second-order valence-corrected chi connectivity index (χ2v) is 7.61. The Morgan fingerprint density at radius 2 is 1.89 bits per heavy atom. The van der Waals surface area contributed by atoms with Crippen LogP contribution in [0, 0.1) is 0 Å². The Balaban J connectivity index is 1.79. The predicted molar refractivity (Wildman–Crippen MR) is 76.2 cm³/mol. The van der Waals surface area contributed by atoms with E-state index in [9.17, 15) is 8.42 Å². The summed E-state index contributed by atoms with van der Waals surface area (Å²) >= 11 is 0. The number of fused-ring (bicyclic) bond motifs is 1. The van der Waals surface area contributed by atoms with E-state index in [0.29, 0.717) is 0 Å². The number of nitrogen functional groups attached to an aromatic ring is 1. The van der Waals surface area contributed by atoms with Gasteiger partial charge in [-0.05, 0) is 48.9 Å². The van der Waals surface area contributed by atoms with Gasteiger partial charge in [-0.1, -0.05) is 18.9 Å². The number of nitrogens with one attached hydrogen (secondary N) is 1. The van der Waals surface area contributed by atoms with Gasteiger partial charge in [-0.2, -0.15) is 0 Å². The van der Waals surface area contributed by atoms with Crippen LogP contribution in [-0.2, 0) is 16.4 Å². The van der Waals surface area contributed by atoms with Crippen molar-refractivity contribution in [2.24, 2.45) is 0 Å². The van der Waals surface area contributed by atoms with Gasteiger partial charge in [-0.25, -0.2) is 13.1 Å². The van der Waals surface area contributed by atoms with E-state index in [1.54, 1.807) is 0 Å². The fourth-order valence-corrected chi connectivity index (χ4v) is 5.04. The first-order valence-corrected chi connectivity index (χ1v) is 8.50. The van der Waals surface area contributed by atoms with Gasteiger partial charge in [-0.15, -0.1) is 0 Å². The summed E-state index contributed by atoms with van der Waals surface area (Å²) < 4.78 is 27.6. The number of hydrogen-bond donors (Lipinski definition) is 2. The van der Waals surface area contributed by atoms with Crippen LogP contribution in [0.5, 0.6) is 0 Å². The van der Waals surface area contributed by atoms with Crippen molar-refractivity contribution in [3.05, 3.63) is 29.3 Å². The molecule has 2 aliphatic carbocycles. The van der Waals surface area contributed by atoms with Crippen LogP contribution in [0.3, 0.4) is 0 Å². The lowest BCUT2D eigenvalue weighted by molar-refractivity contribution is 0.539. The molecule has 1 atom stereocenters. The number of anilines is 1. The first kappa shape index (κ1) is 12.9. The number of aryl methyl sites for hydroxylation is 1. The van der Waals surface area contributed by atoms with Crippen molar-refractivity contribution in [2.75, 3.05) is 5.73 Å². The van der Waals surface area contributed by atoms with Crippen molar-refractivity contribution in [3.63, 3.8) is 0 Å². The first-order chi connectivity index (χ1) is 9.06. The topological polar surface area (TPSA) is 72.2 Å². The summed E-state index contributed by atoms with van der Waals surface area (Å²) in [6.45, 7) is 0. The molecule has 19 heavy (non-hydrogen) atoms. The number of rotatable bonds is 3. The lowest BCUT2D eigenvalue weighted by Gasteiger charge is -2.18. The van der Waals surface area contributed by atoms with E-state index in [1.165, 1.54) is 5.56 Å². The van der Waals surface area contributed by atoms with E-state index in [0.717, 1.165) is 49.8 Å². The van der Waals surface area contributed by atoms with Crippen molar-refractivity contribution < 1.29 is 8.42 Å². The number of sulfonamides is 1. The molecular formula is C14H20N2O2S. The van der Waals surface area contributed by atoms with E-state index in [2.05, 4.69) is 4.72 Å². The monoisotopic (exact) mass is 280 g/mol. The molecule has 3 rings (SSSR count). The molecule has 0 saturated heterocycles. The molecule has 0 heterocycles. The maximum Gasteiger partial charge on any atom is 0.215 e. The molecule has 0 spiro atoms. The van der Waals surface area contributed by atoms with Crippen LogP contribution in [0.1, 0.15) is 49.3 Å². The number of nitrogens with two attached hydrogens (primary N) is 1. The van der Waals surface area contributed by atoms with Gasteiger partial charge in [0.05, 0.1) is 5.25 Å². The van der Waals surface area contributed by atoms with Gasteiger partial charge in [0, 0.05) is 11.7 Å². The Hall–Kier alpha value is -1.07. The largest absolute Gasteiger partial charge is 0.399 e. The molecule has 1 unspecified atom stereocenters. The van der Waals surface area contributed by atoms with Gasteiger partial charge < -0.3 is 5.73 Å². The molecule has 0 amide bonds. The molecule has 4 nitrogen and oxygen atoms in total. The molecule has 0 radical (unpaired) electrons. The minimum Gasteiger partial charge on any atom is -0.399 e. The smallest absolute Gasteiger partial charge is 0.215 e. The minimum atomic E-state index is -3.18. The summed E-state index contributed by atoms with van der Waals surface area (Å²) in [5.74, 6) is 0. The molecule has 1 aromatic carbocycles. The third-order valence-electron chi connectivity index (χ3n) is 4.29. The van der Waals surface area contributed by atoms with Crippen molar-refractivity contribution >= 4 is 15.7 Å². The van der Waals surface area contributed by atoms with Gasteiger partial charge in [-0.3, -0.25) is 0 Å². The summed E-state index contributed by atoms with van der Waals surface area (Å²) in [5.41, 5.74) is 8.79. The molecule has 5 heteroatoms. The molecule has 0 aliphatic heterocycles. The van der Waals surface area contributed by atoms with E-state index in [1.807, 2.05) is 18.2 Å². The van der Waals surface area contributed by atoms with Gasteiger partial charge in [0.15, 0.2) is 0 Å². The molecule has 1 fully saturated rings. The third kappa shape index (κ3) is 2.49. The zero-order valence-electron chi connectivity index (χ0n) is 10.9. The van der Waals surface area contributed by atoms with Gasteiger partial charge >= 0.3 is 0 Å². The Labute approximate surface area is 114 Å².